The summed E-state index contributed by atoms with van der Waals surface area (Å²) in [5.74, 6) is 1.02. The third kappa shape index (κ3) is 4.19. The minimum atomic E-state index is -0.00282. The fourth-order valence-electron chi connectivity index (χ4n) is 4.23. The molecule has 4 aromatic rings. The van der Waals surface area contributed by atoms with E-state index in [2.05, 4.69) is 45.0 Å². The molecule has 7 nitrogen and oxygen atoms in total. The molecule has 168 valence electrons. The number of amides is 1. The lowest BCUT2D eigenvalue weighted by molar-refractivity contribution is 0.0827. The van der Waals surface area contributed by atoms with Gasteiger partial charge in [0, 0.05) is 86.5 Å². The van der Waals surface area contributed by atoms with E-state index in [-0.39, 0.29) is 5.91 Å². The number of hydrogen-bond donors (Lipinski definition) is 1. The molecule has 1 fully saturated rings. The van der Waals surface area contributed by atoms with Gasteiger partial charge in [0.15, 0.2) is 0 Å². The van der Waals surface area contributed by atoms with Gasteiger partial charge in [0.25, 0.3) is 5.91 Å². The van der Waals surface area contributed by atoms with Gasteiger partial charge >= 0.3 is 0 Å². The van der Waals surface area contributed by atoms with Gasteiger partial charge in [-0.25, -0.2) is 9.97 Å². The quantitative estimate of drug-likeness (QED) is 0.524. The first-order chi connectivity index (χ1) is 16.0. The van der Waals surface area contributed by atoms with E-state index in [1.165, 1.54) is 0 Å². The Kier molecular flexibility index (Phi) is 5.56. The number of nitrogens with zero attached hydrogens (tertiary/aromatic N) is 5. The molecule has 5 rings (SSSR count). The molecular formula is C26H28N6O. The molecule has 3 aromatic heterocycles. The highest BCUT2D eigenvalue weighted by Crippen LogP contribution is 2.31. The van der Waals surface area contributed by atoms with Crippen molar-refractivity contribution in [1.82, 2.24) is 24.8 Å². The molecule has 0 radical (unpaired) electrons. The summed E-state index contributed by atoms with van der Waals surface area (Å²) >= 11 is 0. The first-order valence-electron chi connectivity index (χ1n) is 11.2. The van der Waals surface area contributed by atoms with E-state index in [0.717, 1.165) is 65.3 Å². The number of pyridine rings is 2. The summed E-state index contributed by atoms with van der Waals surface area (Å²) in [6, 6.07) is 14.1. The van der Waals surface area contributed by atoms with Gasteiger partial charge in [0.05, 0.1) is 0 Å². The number of carbonyl (C=O) groups is 1. The van der Waals surface area contributed by atoms with Gasteiger partial charge in [0.1, 0.15) is 11.5 Å². The molecule has 1 aliphatic rings. The Bertz CT molecular complexity index is 1270. The van der Waals surface area contributed by atoms with Crippen LogP contribution in [-0.2, 0) is 0 Å². The average Bonchev–Trinajstić information content (AvgIpc) is 3.27. The van der Waals surface area contributed by atoms with Crippen molar-refractivity contribution in [3.63, 3.8) is 0 Å². The fourth-order valence-corrected chi connectivity index (χ4v) is 4.23. The van der Waals surface area contributed by atoms with Crippen LogP contribution in [0.2, 0.25) is 0 Å². The molecule has 1 amide bonds. The van der Waals surface area contributed by atoms with Gasteiger partial charge < -0.3 is 19.7 Å². The van der Waals surface area contributed by atoms with Crippen molar-refractivity contribution in [2.24, 2.45) is 0 Å². The number of piperazine rings is 1. The van der Waals surface area contributed by atoms with Crippen LogP contribution in [0.1, 0.15) is 10.4 Å². The van der Waals surface area contributed by atoms with E-state index in [1.807, 2.05) is 42.9 Å². The van der Waals surface area contributed by atoms with Crippen molar-refractivity contribution < 1.29 is 4.79 Å². The fraction of sp³-hybridized carbons (Fsp3) is 0.269. The van der Waals surface area contributed by atoms with Gasteiger partial charge in [0.2, 0.25) is 0 Å². The number of anilines is 1. The minimum absolute atomic E-state index is 0.00282. The van der Waals surface area contributed by atoms with Gasteiger partial charge in [-0.15, -0.1) is 0 Å². The summed E-state index contributed by atoms with van der Waals surface area (Å²) in [4.78, 5) is 31.1. The van der Waals surface area contributed by atoms with Crippen molar-refractivity contribution in [3.8, 4) is 22.3 Å². The molecular weight excluding hydrogens is 412 g/mol. The second-order valence-corrected chi connectivity index (χ2v) is 8.79. The standard InChI is InChI=1S/C26H28N6O/c1-30(2)26(33)19-6-4-18(5-7-19)23-17-29-25-22(23)14-21(16-28-25)20-8-9-24(27-15-20)32-12-10-31(3)11-13-32/h4-9,14-17H,10-13H2,1-3H3,(H,28,29). The van der Waals surface area contributed by atoms with Crippen LogP contribution >= 0.6 is 0 Å². The monoisotopic (exact) mass is 440 g/mol. The summed E-state index contributed by atoms with van der Waals surface area (Å²) in [6.07, 6.45) is 5.79. The van der Waals surface area contributed by atoms with Crippen molar-refractivity contribution in [3.05, 3.63) is 66.6 Å². The largest absolute Gasteiger partial charge is 0.354 e. The number of aromatic amines is 1. The predicted octanol–water partition coefficient (Wildman–Crippen LogP) is 3.75. The minimum Gasteiger partial charge on any atom is -0.354 e. The molecule has 1 aromatic carbocycles. The molecule has 0 aliphatic carbocycles. The smallest absolute Gasteiger partial charge is 0.253 e. The number of benzene rings is 1. The number of H-pyrrole nitrogens is 1. The number of likely N-dealkylation sites (N-methyl/N-ethyl adjacent to an activating group) is 1. The maximum Gasteiger partial charge on any atom is 0.253 e. The van der Waals surface area contributed by atoms with E-state index in [1.54, 1.807) is 19.0 Å². The molecule has 1 N–H and O–H groups in total. The summed E-state index contributed by atoms with van der Waals surface area (Å²) in [7, 11) is 5.68. The predicted molar refractivity (Wildman–Crippen MR) is 132 cm³/mol. The zero-order valence-electron chi connectivity index (χ0n) is 19.2. The maximum absolute atomic E-state index is 12.2. The van der Waals surface area contributed by atoms with Gasteiger partial charge in [-0.05, 0) is 42.9 Å². The number of aromatic nitrogens is 3. The number of nitrogens with one attached hydrogen (secondary N) is 1. The molecule has 0 saturated carbocycles. The van der Waals surface area contributed by atoms with Crippen LogP contribution in [0.25, 0.3) is 33.3 Å². The van der Waals surface area contributed by atoms with Crippen LogP contribution in [0.5, 0.6) is 0 Å². The van der Waals surface area contributed by atoms with Crippen molar-refractivity contribution in [1.29, 1.82) is 0 Å². The van der Waals surface area contributed by atoms with E-state index < -0.39 is 0 Å². The van der Waals surface area contributed by atoms with Crippen LogP contribution in [-0.4, -0.2) is 78.0 Å². The van der Waals surface area contributed by atoms with Crippen molar-refractivity contribution in [2.75, 3.05) is 52.2 Å². The second-order valence-electron chi connectivity index (χ2n) is 8.79. The van der Waals surface area contributed by atoms with Gasteiger partial charge in [-0.1, -0.05) is 12.1 Å². The summed E-state index contributed by atoms with van der Waals surface area (Å²) in [5, 5.41) is 1.04. The van der Waals surface area contributed by atoms with E-state index in [0.29, 0.717) is 5.56 Å². The van der Waals surface area contributed by atoms with Crippen LogP contribution < -0.4 is 4.90 Å². The Balaban J connectivity index is 1.42. The van der Waals surface area contributed by atoms with Crippen LogP contribution in [0.3, 0.4) is 0 Å². The maximum atomic E-state index is 12.2. The average molecular weight is 441 g/mol. The van der Waals surface area contributed by atoms with Gasteiger partial charge in [-0.3, -0.25) is 4.79 Å². The lowest BCUT2D eigenvalue weighted by atomic mass is 10.0. The van der Waals surface area contributed by atoms with Crippen molar-refractivity contribution in [2.45, 2.75) is 0 Å². The molecule has 4 heterocycles. The Hall–Kier alpha value is -3.71. The summed E-state index contributed by atoms with van der Waals surface area (Å²) in [5.41, 5.74) is 5.68. The third-order valence-electron chi connectivity index (χ3n) is 6.29. The first-order valence-corrected chi connectivity index (χ1v) is 11.2. The zero-order chi connectivity index (χ0) is 22.9. The second kappa shape index (κ2) is 8.67. The van der Waals surface area contributed by atoms with E-state index >= 15 is 0 Å². The van der Waals surface area contributed by atoms with Crippen LogP contribution in [0, 0.1) is 0 Å². The third-order valence-corrected chi connectivity index (χ3v) is 6.29. The highest BCUT2D eigenvalue weighted by Gasteiger charge is 2.16. The number of hydrogen-bond acceptors (Lipinski definition) is 5. The number of fused-ring (bicyclic) bond motifs is 1. The molecule has 7 heteroatoms. The lowest BCUT2D eigenvalue weighted by Crippen LogP contribution is -2.44. The topological polar surface area (TPSA) is 68.4 Å². The zero-order valence-corrected chi connectivity index (χ0v) is 19.2. The Morgan fingerprint density at radius 3 is 2.27 bits per heavy atom. The number of carbonyl (C=O) groups excluding carboxylic acids is 1. The van der Waals surface area contributed by atoms with Crippen LogP contribution in [0.15, 0.2) is 61.1 Å². The summed E-state index contributed by atoms with van der Waals surface area (Å²) < 4.78 is 0. The Morgan fingerprint density at radius 2 is 1.61 bits per heavy atom. The SMILES string of the molecule is CN1CCN(c2ccc(-c3cnc4[nH]cc(-c5ccc(C(=O)N(C)C)cc5)c4c3)cn2)CC1. The van der Waals surface area contributed by atoms with E-state index in [4.69, 9.17) is 4.98 Å². The molecule has 0 bridgehead atoms. The molecule has 33 heavy (non-hydrogen) atoms. The summed E-state index contributed by atoms with van der Waals surface area (Å²) in [6.45, 7) is 4.12. The highest BCUT2D eigenvalue weighted by atomic mass is 16.2. The molecule has 1 aliphatic heterocycles. The molecule has 0 unspecified atom stereocenters. The van der Waals surface area contributed by atoms with Gasteiger partial charge in [-0.2, -0.15) is 0 Å². The molecule has 0 atom stereocenters. The lowest BCUT2D eigenvalue weighted by Gasteiger charge is -2.33. The highest BCUT2D eigenvalue weighted by molar-refractivity contribution is 5.97. The van der Waals surface area contributed by atoms with Crippen LogP contribution in [0.4, 0.5) is 5.82 Å². The Morgan fingerprint density at radius 1 is 0.909 bits per heavy atom. The normalized spacial score (nSPS) is 14.6. The van der Waals surface area contributed by atoms with Crippen molar-refractivity contribution >= 4 is 22.8 Å². The molecule has 1 saturated heterocycles. The van der Waals surface area contributed by atoms with E-state index in [9.17, 15) is 4.79 Å². The molecule has 0 spiro atoms. The number of rotatable bonds is 4. The Labute approximate surface area is 193 Å². The first kappa shape index (κ1) is 21.2.